The van der Waals surface area contributed by atoms with E-state index in [9.17, 15) is 14.4 Å². The van der Waals surface area contributed by atoms with Crippen LogP contribution in [0.1, 0.15) is 29.4 Å². The Morgan fingerprint density at radius 2 is 1.96 bits per heavy atom. The fourth-order valence-electron chi connectivity index (χ4n) is 2.02. The van der Waals surface area contributed by atoms with Gasteiger partial charge in [-0.15, -0.1) is 11.3 Å². The molecule has 7 nitrogen and oxygen atoms in total. The van der Waals surface area contributed by atoms with Gasteiger partial charge in [0.1, 0.15) is 0 Å². The molecule has 1 aromatic carbocycles. The summed E-state index contributed by atoms with van der Waals surface area (Å²) in [6.07, 6.45) is 0.152. The molecule has 126 valence electrons. The standard InChI is InChI=1S/C16H18N4O3S/c1-10(18-15(23)11-5-3-2-4-6-11)7-14(22)20-16-19-12(9-24-16)8-13(17)21/h2-6,9-10H,7-8H2,1H3,(H2,17,21)(H,18,23)(H,19,20,22). The van der Waals surface area contributed by atoms with E-state index in [2.05, 4.69) is 15.6 Å². The van der Waals surface area contributed by atoms with Crippen molar-refractivity contribution in [3.05, 3.63) is 47.0 Å². The van der Waals surface area contributed by atoms with Crippen LogP contribution in [0.4, 0.5) is 5.13 Å². The second kappa shape index (κ2) is 8.21. The third-order valence-corrected chi connectivity index (χ3v) is 3.87. The molecule has 0 radical (unpaired) electrons. The van der Waals surface area contributed by atoms with E-state index in [1.807, 2.05) is 6.07 Å². The van der Waals surface area contributed by atoms with E-state index in [4.69, 9.17) is 5.73 Å². The lowest BCUT2D eigenvalue weighted by atomic mass is 10.1. The van der Waals surface area contributed by atoms with Crippen LogP contribution in [0.15, 0.2) is 35.7 Å². The Kier molecular flexibility index (Phi) is 6.02. The second-order valence-electron chi connectivity index (χ2n) is 5.28. The predicted octanol–water partition coefficient (Wildman–Crippen LogP) is 1.32. The molecule has 0 aliphatic carbocycles. The summed E-state index contributed by atoms with van der Waals surface area (Å²) in [4.78, 5) is 38.9. The molecule has 3 amide bonds. The lowest BCUT2D eigenvalue weighted by molar-refractivity contribution is -0.117. The molecular formula is C16H18N4O3S. The van der Waals surface area contributed by atoms with Crippen molar-refractivity contribution in [1.82, 2.24) is 10.3 Å². The topological polar surface area (TPSA) is 114 Å². The first kappa shape index (κ1) is 17.6. The average molecular weight is 346 g/mol. The van der Waals surface area contributed by atoms with E-state index < -0.39 is 5.91 Å². The van der Waals surface area contributed by atoms with Gasteiger partial charge >= 0.3 is 0 Å². The molecular weight excluding hydrogens is 328 g/mol. The number of anilines is 1. The number of aromatic nitrogens is 1. The Bertz CT molecular complexity index is 730. The van der Waals surface area contributed by atoms with Crippen molar-refractivity contribution in [2.75, 3.05) is 5.32 Å². The fourth-order valence-corrected chi connectivity index (χ4v) is 2.75. The maximum absolute atomic E-state index is 12.0. The number of benzene rings is 1. The first-order valence-corrected chi connectivity index (χ1v) is 8.20. The summed E-state index contributed by atoms with van der Waals surface area (Å²) < 4.78 is 0. The molecule has 1 unspecified atom stereocenters. The minimum atomic E-state index is -0.476. The Morgan fingerprint density at radius 1 is 1.25 bits per heavy atom. The van der Waals surface area contributed by atoms with Crippen molar-refractivity contribution in [2.45, 2.75) is 25.8 Å². The third kappa shape index (κ3) is 5.47. The van der Waals surface area contributed by atoms with Crippen LogP contribution in [-0.2, 0) is 16.0 Å². The van der Waals surface area contributed by atoms with Gasteiger partial charge in [-0.05, 0) is 19.1 Å². The highest BCUT2D eigenvalue weighted by Crippen LogP contribution is 2.16. The van der Waals surface area contributed by atoms with Crippen molar-refractivity contribution < 1.29 is 14.4 Å². The number of nitrogens with two attached hydrogens (primary N) is 1. The van der Waals surface area contributed by atoms with Crippen LogP contribution >= 0.6 is 11.3 Å². The quantitative estimate of drug-likeness (QED) is 0.701. The van der Waals surface area contributed by atoms with Gasteiger partial charge in [-0.25, -0.2) is 4.98 Å². The molecule has 24 heavy (non-hydrogen) atoms. The van der Waals surface area contributed by atoms with Crippen LogP contribution in [0.2, 0.25) is 0 Å². The van der Waals surface area contributed by atoms with Gasteiger partial charge in [0.2, 0.25) is 11.8 Å². The number of amides is 3. The summed E-state index contributed by atoms with van der Waals surface area (Å²) in [6, 6.07) is 8.46. The van der Waals surface area contributed by atoms with Gasteiger partial charge in [-0.3, -0.25) is 14.4 Å². The van der Waals surface area contributed by atoms with Crippen LogP contribution in [0.3, 0.4) is 0 Å². The summed E-state index contributed by atoms with van der Waals surface area (Å²) in [5, 5.41) is 7.48. The minimum Gasteiger partial charge on any atom is -0.369 e. The number of hydrogen-bond donors (Lipinski definition) is 3. The predicted molar refractivity (Wildman–Crippen MR) is 91.6 cm³/mol. The molecule has 2 rings (SSSR count). The molecule has 0 bridgehead atoms. The Morgan fingerprint density at radius 3 is 2.62 bits per heavy atom. The maximum Gasteiger partial charge on any atom is 0.251 e. The van der Waals surface area contributed by atoms with Gasteiger partial charge in [0.15, 0.2) is 5.13 Å². The first-order chi connectivity index (χ1) is 11.4. The number of carbonyl (C=O) groups excluding carboxylic acids is 3. The molecule has 0 aliphatic heterocycles. The van der Waals surface area contributed by atoms with E-state index >= 15 is 0 Å². The number of nitrogens with one attached hydrogen (secondary N) is 2. The van der Waals surface area contributed by atoms with Crippen LogP contribution < -0.4 is 16.4 Å². The molecule has 0 spiro atoms. The highest BCUT2D eigenvalue weighted by Gasteiger charge is 2.14. The lowest BCUT2D eigenvalue weighted by Gasteiger charge is -2.13. The number of carbonyl (C=O) groups is 3. The lowest BCUT2D eigenvalue weighted by Crippen LogP contribution is -2.35. The van der Waals surface area contributed by atoms with E-state index in [1.54, 1.807) is 36.6 Å². The maximum atomic E-state index is 12.0. The van der Waals surface area contributed by atoms with Crippen molar-refractivity contribution in [3.8, 4) is 0 Å². The average Bonchev–Trinajstić information content (AvgIpc) is 2.93. The zero-order valence-corrected chi connectivity index (χ0v) is 13.9. The van der Waals surface area contributed by atoms with E-state index in [0.29, 0.717) is 16.4 Å². The minimum absolute atomic E-state index is 0.0376. The van der Waals surface area contributed by atoms with Crippen LogP contribution in [0.5, 0.6) is 0 Å². The molecule has 1 aromatic heterocycles. The van der Waals surface area contributed by atoms with E-state index in [0.717, 1.165) is 0 Å². The molecule has 1 heterocycles. The molecule has 4 N–H and O–H groups in total. The van der Waals surface area contributed by atoms with E-state index in [-0.39, 0.29) is 30.7 Å². The van der Waals surface area contributed by atoms with Crippen LogP contribution in [-0.4, -0.2) is 28.7 Å². The SMILES string of the molecule is CC(CC(=O)Nc1nc(CC(N)=O)cs1)NC(=O)c1ccccc1. The number of rotatable bonds is 7. The van der Waals surface area contributed by atoms with Crippen molar-refractivity contribution in [2.24, 2.45) is 5.73 Å². The zero-order chi connectivity index (χ0) is 17.5. The highest BCUT2D eigenvalue weighted by molar-refractivity contribution is 7.13. The fraction of sp³-hybridized carbons (Fsp3) is 0.250. The zero-order valence-electron chi connectivity index (χ0n) is 13.1. The number of primary amides is 1. The van der Waals surface area contributed by atoms with Crippen molar-refractivity contribution in [1.29, 1.82) is 0 Å². The molecule has 0 saturated heterocycles. The number of thiazole rings is 1. The summed E-state index contributed by atoms with van der Waals surface area (Å²) in [6.45, 7) is 1.75. The number of nitrogens with zero attached hydrogens (tertiary/aromatic N) is 1. The normalized spacial score (nSPS) is 11.5. The van der Waals surface area contributed by atoms with Crippen LogP contribution in [0, 0.1) is 0 Å². The molecule has 0 fully saturated rings. The summed E-state index contributed by atoms with van der Waals surface area (Å²) in [5.74, 6) is -0.972. The Hall–Kier alpha value is -2.74. The first-order valence-electron chi connectivity index (χ1n) is 7.32. The van der Waals surface area contributed by atoms with Gasteiger partial charge in [-0.1, -0.05) is 18.2 Å². The molecule has 0 saturated carbocycles. The van der Waals surface area contributed by atoms with Gasteiger partial charge in [0.05, 0.1) is 12.1 Å². The smallest absolute Gasteiger partial charge is 0.251 e. The second-order valence-corrected chi connectivity index (χ2v) is 6.14. The van der Waals surface area contributed by atoms with Gasteiger partial charge in [-0.2, -0.15) is 0 Å². The Balaban J connectivity index is 1.82. The molecule has 0 aliphatic rings. The largest absolute Gasteiger partial charge is 0.369 e. The van der Waals surface area contributed by atoms with Gasteiger partial charge in [0.25, 0.3) is 5.91 Å². The van der Waals surface area contributed by atoms with Gasteiger partial charge in [0, 0.05) is 23.4 Å². The number of hydrogen-bond acceptors (Lipinski definition) is 5. The van der Waals surface area contributed by atoms with Crippen LogP contribution in [0.25, 0.3) is 0 Å². The van der Waals surface area contributed by atoms with Crippen molar-refractivity contribution >= 4 is 34.2 Å². The van der Waals surface area contributed by atoms with Gasteiger partial charge < -0.3 is 16.4 Å². The molecule has 2 aromatic rings. The summed E-state index contributed by atoms with van der Waals surface area (Å²) >= 11 is 1.22. The monoisotopic (exact) mass is 346 g/mol. The summed E-state index contributed by atoms with van der Waals surface area (Å²) in [5.41, 5.74) is 6.16. The third-order valence-electron chi connectivity index (χ3n) is 3.06. The Labute approximate surface area is 143 Å². The van der Waals surface area contributed by atoms with Crippen molar-refractivity contribution in [3.63, 3.8) is 0 Å². The highest BCUT2D eigenvalue weighted by atomic mass is 32.1. The molecule has 1 atom stereocenters. The molecule has 8 heteroatoms. The van der Waals surface area contributed by atoms with E-state index in [1.165, 1.54) is 11.3 Å². The summed E-state index contributed by atoms with van der Waals surface area (Å²) in [7, 11) is 0.